The summed E-state index contributed by atoms with van der Waals surface area (Å²) in [6.45, 7) is 0. The van der Waals surface area contributed by atoms with Crippen molar-refractivity contribution in [2.24, 2.45) is 0 Å². The van der Waals surface area contributed by atoms with Crippen LogP contribution in [0.1, 0.15) is 0 Å². The minimum absolute atomic E-state index is 0.244. The average molecular weight is 283 g/mol. The number of ether oxygens (including phenoxy) is 1. The van der Waals surface area contributed by atoms with Crippen LogP contribution in [0.4, 0.5) is 0 Å². The van der Waals surface area contributed by atoms with Crippen molar-refractivity contribution < 1.29 is 4.74 Å². The van der Waals surface area contributed by atoms with Gasteiger partial charge in [-0.25, -0.2) is 4.98 Å². The highest BCUT2D eigenvalue weighted by Gasteiger charge is 2.12. The molecule has 0 radical (unpaired) electrons. The van der Waals surface area contributed by atoms with Gasteiger partial charge in [-0.05, 0) is 30.3 Å². The number of thiazole rings is 1. The second-order valence-corrected chi connectivity index (χ2v) is 5.35. The van der Waals surface area contributed by atoms with Crippen molar-refractivity contribution in [2.75, 3.05) is 7.11 Å². The molecule has 0 amide bonds. The Hall–Kier alpha value is -2.47. The highest BCUT2D eigenvalue weighted by atomic mass is 32.1. The van der Waals surface area contributed by atoms with Crippen molar-refractivity contribution in [3.8, 4) is 5.75 Å². The first-order valence-electron chi connectivity index (χ1n) is 6.02. The Morgan fingerprint density at radius 3 is 3.05 bits per heavy atom. The van der Waals surface area contributed by atoms with Crippen LogP contribution in [-0.4, -0.2) is 21.5 Å². The SMILES string of the molecule is COc1ccc2c(c1)sc1nc(=O)c3cccnc3n12. The lowest BCUT2D eigenvalue weighted by atomic mass is 10.3. The number of methoxy groups -OCH3 is 1. The monoisotopic (exact) mass is 283 g/mol. The zero-order valence-corrected chi connectivity index (χ0v) is 11.3. The third-order valence-electron chi connectivity index (χ3n) is 3.23. The number of hydrogen-bond acceptors (Lipinski definition) is 5. The standard InChI is InChI=1S/C14H9N3O2S/c1-19-8-4-5-10-11(7-8)20-14-16-13(18)9-3-2-6-15-12(9)17(10)14/h2-7H,1H3. The molecule has 0 aliphatic carbocycles. The minimum Gasteiger partial charge on any atom is -0.497 e. The fraction of sp³-hybridized carbons (Fsp3) is 0.0714. The van der Waals surface area contributed by atoms with Crippen molar-refractivity contribution in [2.45, 2.75) is 0 Å². The van der Waals surface area contributed by atoms with E-state index in [1.54, 1.807) is 25.4 Å². The van der Waals surface area contributed by atoms with E-state index in [-0.39, 0.29) is 5.56 Å². The summed E-state index contributed by atoms with van der Waals surface area (Å²) in [6.07, 6.45) is 1.68. The zero-order chi connectivity index (χ0) is 13.7. The molecule has 3 heterocycles. The fourth-order valence-electron chi connectivity index (χ4n) is 2.30. The molecule has 0 bridgehead atoms. The van der Waals surface area contributed by atoms with Gasteiger partial charge in [0.05, 0.1) is 22.7 Å². The molecule has 3 aromatic heterocycles. The normalized spacial score (nSPS) is 11.4. The summed E-state index contributed by atoms with van der Waals surface area (Å²) in [7, 11) is 1.63. The molecule has 0 saturated carbocycles. The number of pyridine rings is 1. The number of fused-ring (bicyclic) bond motifs is 5. The molecule has 0 aliphatic heterocycles. The first kappa shape index (κ1) is 11.4. The van der Waals surface area contributed by atoms with Gasteiger partial charge in [-0.3, -0.25) is 9.20 Å². The van der Waals surface area contributed by atoms with Crippen LogP contribution in [0.2, 0.25) is 0 Å². The molecule has 0 fully saturated rings. The molecule has 0 saturated heterocycles. The lowest BCUT2D eigenvalue weighted by Gasteiger charge is -2.01. The van der Waals surface area contributed by atoms with Crippen LogP contribution in [0.3, 0.4) is 0 Å². The summed E-state index contributed by atoms with van der Waals surface area (Å²) in [6, 6.07) is 9.28. The molecular formula is C14H9N3O2S. The van der Waals surface area contributed by atoms with Crippen molar-refractivity contribution in [3.05, 3.63) is 46.9 Å². The van der Waals surface area contributed by atoms with Gasteiger partial charge in [0.15, 0.2) is 10.6 Å². The van der Waals surface area contributed by atoms with Gasteiger partial charge in [-0.15, -0.1) is 0 Å². The van der Waals surface area contributed by atoms with Gasteiger partial charge in [0.25, 0.3) is 5.56 Å². The third-order valence-corrected chi connectivity index (χ3v) is 4.23. The molecule has 98 valence electrons. The van der Waals surface area contributed by atoms with Gasteiger partial charge in [-0.2, -0.15) is 4.98 Å². The Morgan fingerprint density at radius 2 is 2.20 bits per heavy atom. The van der Waals surface area contributed by atoms with Gasteiger partial charge in [-0.1, -0.05) is 11.3 Å². The molecule has 4 aromatic rings. The van der Waals surface area contributed by atoms with Crippen LogP contribution in [-0.2, 0) is 0 Å². The number of hydrogen-bond donors (Lipinski definition) is 0. The van der Waals surface area contributed by atoms with Crippen LogP contribution in [0.15, 0.2) is 41.3 Å². The van der Waals surface area contributed by atoms with Gasteiger partial charge in [0.2, 0.25) is 0 Å². The van der Waals surface area contributed by atoms with Crippen LogP contribution in [0, 0.1) is 0 Å². The van der Waals surface area contributed by atoms with Gasteiger partial charge >= 0.3 is 0 Å². The Labute approximate surface area is 117 Å². The van der Waals surface area contributed by atoms with E-state index in [2.05, 4.69) is 9.97 Å². The van der Waals surface area contributed by atoms with E-state index >= 15 is 0 Å². The largest absolute Gasteiger partial charge is 0.497 e. The number of benzene rings is 1. The van der Waals surface area contributed by atoms with Crippen molar-refractivity contribution >= 4 is 37.5 Å². The highest BCUT2D eigenvalue weighted by Crippen LogP contribution is 2.29. The van der Waals surface area contributed by atoms with E-state index in [4.69, 9.17) is 4.74 Å². The summed E-state index contributed by atoms with van der Waals surface area (Å²) in [4.78, 5) is 21.1. The maximum absolute atomic E-state index is 12.0. The van der Waals surface area contributed by atoms with E-state index in [1.807, 2.05) is 22.6 Å². The van der Waals surface area contributed by atoms with Gasteiger partial charge in [0.1, 0.15) is 5.75 Å². The van der Waals surface area contributed by atoms with Crippen LogP contribution < -0.4 is 10.3 Å². The fourth-order valence-corrected chi connectivity index (χ4v) is 3.34. The third kappa shape index (κ3) is 1.45. The molecular weight excluding hydrogens is 274 g/mol. The van der Waals surface area contributed by atoms with E-state index < -0.39 is 0 Å². The molecule has 0 atom stereocenters. The summed E-state index contributed by atoms with van der Waals surface area (Å²) >= 11 is 1.45. The van der Waals surface area contributed by atoms with E-state index in [1.165, 1.54) is 11.3 Å². The molecule has 5 nitrogen and oxygen atoms in total. The summed E-state index contributed by atoms with van der Waals surface area (Å²) in [5.74, 6) is 0.782. The second-order valence-electron chi connectivity index (χ2n) is 4.35. The Bertz CT molecular complexity index is 1020. The molecule has 4 rings (SSSR count). The van der Waals surface area contributed by atoms with Gasteiger partial charge in [0, 0.05) is 6.20 Å². The van der Waals surface area contributed by atoms with E-state index in [0.29, 0.717) is 16.0 Å². The molecule has 0 spiro atoms. The predicted molar refractivity (Wildman–Crippen MR) is 78.7 cm³/mol. The first-order chi connectivity index (χ1) is 9.78. The highest BCUT2D eigenvalue weighted by molar-refractivity contribution is 7.23. The van der Waals surface area contributed by atoms with E-state index in [0.717, 1.165) is 16.0 Å². The maximum atomic E-state index is 12.0. The number of aromatic nitrogens is 3. The molecule has 0 aliphatic rings. The summed E-state index contributed by atoms with van der Waals surface area (Å²) < 4.78 is 8.15. The topological polar surface area (TPSA) is 56.5 Å². The second kappa shape index (κ2) is 4.01. The summed E-state index contributed by atoms with van der Waals surface area (Å²) in [5, 5.41) is 0.528. The first-order valence-corrected chi connectivity index (χ1v) is 6.83. The molecule has 1 aromatic carbocycles. The maximum Gasteiger partial charge on any atom is 0.283 e. The van der Waals surface area contributed by atoms with Crippen LogP contribution in [0.25, 0.3) is 26.2 Å². The smallest absolute Gasteiger partial charge is 0.283 e. The Kier molecular flexibility index (Phi) is 2.28. The Balaban J connectivity index is 2.28. The molecule has 20 heavy (non-hydrogen) atoms. The average Bonchev–Trinajstić information content (AvgIpc) is 2.84. The zero-order valence-electron chi connectivity index (χ0n) is 10.5. The van der Waals surface area contributed by atoms with Crippen molar-refractivity contribution in [1.29, 1.82) is 0 Å². The van der Waals surface area contributed by atoms with E-state index in [9.17, 15) is 4.79 Å². The predicted octanol–water partition coefficient (Wildman–Crippen LogP) is 2.47. The Morgan fingerprint density at radius 1 is 1.30 bits per heavy atom. The van der Waals surface area contributed by atoms with Crippen molar-refractivity contribution in [3.63, 3.8) is 0 Å². The lowest BCUT2D eigenvalue weighted by Crippen LogP contribution is -2.09. The van der Waals surface area contributed by atoms with Crippen LogP contribution in [0.5, 0.6) is 5.75 Å². The molecule has 0 unspecified atom stereocenters. The molecule has 6 heteroatoms. The number of nitrogens with zero attached hydrogens (tertiary/aromatic N) is 3. The van der Waals surface area contributed by atoms with Crippen molar-refractivity contribution in [1.82, 2.24) is 14.4 Å². The van der Waals surface area contributed by atoms with Crippen LogP contribution >= 0.6 is 11.3 Å². The summed E-state index contributed by atoms with van der Waals surface area (Å²) in [5.41, 5.74) is 1.37. The minimum atomic E-state index is -0.244. The van der Waals surface area contributed by atoms with Gasteiger partial charge < -0.3 is 4.74 Å². The number of rotatable bonds is 1. The lowest BCUT2D eigenvalue weighted by molar-refractivity contribution is 0.415. The molecule has 0 N–H and O–H groups in total. The quantitative estimate of drug-likeness (QED) is 0.538.